The largest absolute Gasteiger partial charge is 2.00 e. The van der Waals surface area contributed by atoms with Gasteiger partial charge in [-0.1, -0.05) is 134 Å². The summed E-state index contributed by atoms with van der Waals surface area (Å²) in [6.07, 6.45) is 0.0352. The third-order valence-corrected chi connectivity index (χ3v) is 13.5. The molecule has 2 fully saturated rings. The van der Waals surface area contributed by atoms with E-state index in [4.69, 9.17) is 13.7 Å². The molecule has 2 aliphatic heterocycles. The number of thioether (sulfide) groups is 4. The molecule has 0 unspecified atom stereocenters. The smallest absolute Gasteiger partial charge is 0.548 e. The van der Waals surface area contributed by atoms with Crippen molar-refractivity contribution in [2.45, 2.75) is 59.1 Å². The Balaban J connectivity index is 0.000000296. The number of carbonyl (C=O) groups is 6. The molecule has 2 saturated heterocycles. The van der Waals surface area contributed by atoms with Gasteiger partial charge in [0.1, 0.15) is 0 Å². The number of carboxylic acids is 2. The number of hydrogen-bond acceptors (Lipinski definition) is 12. The van der Waals surface area contributed by atoms with Crippen molar-refractivity contribution in [3.8, 4) is 0 Å². The van der Waals surface area contributed by atoms with Crippen LogP contribution in [-0.4, -0.2) is 129 Å². The Bertz CT molecular complexity index is 2360. The standard InChI is InChI=1S/2C22H23NO4S2.Ca/c2*1-15(14-28-22(27)16-8-4-2-5-9-16)20(24)23-13-18(12-19(23)21(25)26)29-17-10-6-3-7-11-17;/h2*2-11,15,18-19H,12-14H2,1H3,(H,25,26);/q;;+2/p-2/t2*15-,18+,19-;/m11./s1/i2*3D,6D,7D,10D,11D;. The molecule has 2 heterocycles. The minimum absolute atomic E-state index is 0. The van der Waals surface area contributed by atoms with Crippen LogP contribution in [0.3, 0.4) is 0 Å². The van der Waals surface area contributed by atoms with Crippen molar-refractivity contribution in [1.82, 2.24) is 9.80 Å². The van der Waals surface area contributed by atoms with Crippen LogP contribution in [-0.2, 0) is 19.2 Å². The van der Waals surface area contributed by atoms with Crippen molar-refractivity contribution < 1.29 is 52.7 Å². The number of likely N-dealkylation sites (tertiary alicyclic amines) is 2. The Hall–Kier alpha value is -3.24. The minimum atomic E-state index is -1.42. The third kappa shape index (κ3) is 14.4. The van der Waals surface area contributed by atoms with Crippen LogP contribution in [0.15, 0.2) is 131 Å². The average Bonchev–Trinajstić information content (AvgIpc) is 3.98. The Morgan fingerprint density at radius 1 is 0.610 bits per heavy atom. The van der Waals surface area contributed by atoms with Gasteiger partial charge in [0.05, 0.1) is 37.7 Å². The van der Waals surface area contributed by atoms with Crippen molar-refractivity contribution >= 4 is 119 Å². The Morgan fingerprint density at radius 3 is 1.27 bits per heavy atom. The van der Waals surface area contributed by atoms with Gasteiger partial charge in [-0.15, -0.1) is 23.5 Å². The summed E-state index contributed by atoms with van der Waals surface area (Å²) in [5.74, 6) is -4.64. The van der Waals surface area contributed by atoms with Gasteiger partial charge in [0.25, 0.3) is 0 Å². The quantitative estimate of drug-likeness (QED) is 0.156. The van der Waals surface area contributed by atoms with Crippen LogP contribution in [0.5, 0.6) is 0 Å². The number of carbonyl (C=O) groups excluding carboxylic acids is 6. The van der Waals surface area contributed by atoms with E-state index in [1.54, 1.807) is 74.5 Å². The SMILES string of the molecule is [2H]c1c([2H])c([2H])c(S[C@H]2C[C@H](C(=O)[O-])N(C(=O)[C@H](C)CSC(=O)c3ccccc3)C2)c([2H])c1[2H].[2H]c1c([2H])c([2H])c(S[C@H]2C[C@H](C(=O)[O-])N(C(=O)[C@H](C)CSC(=O)c3ccccc3)C2)c([2H])c1[2H].[Ca+2]. The summed E-state index contributed by atoms with van der Waals surface area (Å²) in [5, 5.41) is 22.1. The van der Waals surface area contributed by atoms with Crippen molar-refractivity contribution in [2.24, 2.45) is 11.8 Å². The van der Waals surface area contributed by atoms with Gasteiger partial charge in [-0.05, 0) is 37.0 Å². The zero-order valence-electron chi connectivity index (χ0n) is 42.0. The zero-order valence-corrected chi connectivity index (χ0v) is 37.5. The minimum Gasteiger partial charge on any atom is -0.548 e. The summed E-state index contributed by atoms with van der Waals surface area (Å²) >= 11 is 3.90. The van der Waals surface area contributed by atoms with E-state index in [2.05, 4.69) is 0 Å². The monoisotopic (exact) mass is 906 g/mol. The Labute approximate surface area is 406 Å². The van der Waals surface area contributed by atoms with Crippen LogP contribution in [0.4, 0.5) is 0 Å². The molecule has 6 rings (SSSR count). The molecule has 0 radical (unpaired) electrons. The molecular formula is C44H44CaN2O8S4. The van der Waals surface area contributed by atoms with E-state index in [0.717, 1.165) is 47.0 Å². The second kappa shape index (κ2) is 24.3. The predicted molar refractivity (Wildman–Crippen MR) is 233 cm³/mol. The molecule has 6 atom stereocenters. The molecule has 59 heavy (non-hydrogen) atoms. The Morgan fingerprint density at radius 2 is 0.949 bits per heavy atom. The van der Waals surface area contributed by atoms with Gasteiger partial charge in [-0.3, -0.25) is 19.2 Å². The molecule has 4 aromatic carbocycles. The molecule has 0 N–H and O–H groups in total. The van der Waals surface area contributed by atoms with Gasteiger partial charge in [0, 0.05) is 67.8 Å². The maximum absolute atomic E-state index is 13.0. The number of nitrogens with zero attached hydrogens (tertiary/aromatic N) is 2. The van der Waals surface area contributed by atoms with Gasteiger partial charge in [-0.2, -0.15) is 0 Å². The van der Waals surface area contributed by atoms with Crippen LogP contribution in [0.25, 0.3) is 0 Å². The molecule has 2 aliphatic rings. The summed E-state index contributed by atoms with van der Waals surface area (Å²) in [6, 6.07) is 10.5. The first-order valence-corrected chi connectivity index (χ1v) is 21.7. The molecule has 15 heteroatoms. The number of amides is 2. The van der Waals surface area contributed by atoms with Crippen molar-refractivity contribution in [3.05, 3.63) is 132 Å². The zero-order chi connectivity index (χ0) is 50.3. The molecule has 304 valence electrons. The van der Waals surface area contributed by atoms with Crippen LogP contribution in [0, 0.1) is 11.8 Å². The molecule has 0 aromatic heterocycles. The molecule has 0 bridgehead atoms. The molecule has 0 saturated carbocycles. The summed E-state index contributed by atoms with van der Waals surface area (Å²) in [4.78, 5) is 76.6. The van der Waals surface area contributed by atoms with E-state index >= 15 is 0 Å². The number of aliphatic carboxylic acids is 2. The van der Waals surface area contributed by atoms with Gasteiger partial charge in [0.2, 0.25) is 22.0 Å². The second-order valence-electron chi connectivity index (χ2n) is 13.2. The van der Waals surface area contributed by atoms with Crippen LogP contribution < -0.4 is 10.2 Å². The molecule has 10 nitrogen and oxygen atoms in total. The Kier molecular flexibility index (Phi) is 14.5. The molecule has 0 spiro atoms. The van der Waals surface area contributed by atoms with E-state index in [-0.39, 0.29) is 119 Å². The predicted octanol–water partition coefficient (Wildman–Crippen LogP) is 5.03. The van der Waals surface area contributed by atoms with E-state index < -0.39 is 94.4 Å². The number of carboxylic acid groups (broad SMARTS) is 2. The number of benzene rings is 4. The summed E-state index contributed by atoms with van der Waals surface area (Å²) < 4.78 is 78.9. The summed E-state index contributed by atoms with van der Waals surface area (Å²) in [7, 11) is 0. The first kappa shape index (κ1) is 35.4. The van der Waals surface area contributed by atoms with Gasteiger partial charge >= 0.3 is 37.7 Å². The molecular weight excluding hydrogens is 853 g/mol. The fraction of sp³-hybridized carbons (Fsp3) is 0.318. The fourth-order valence-corrected chi connectivity index (χ4v) is 9.88. The maximum Gasteiger partial charge on any atom is 2.00 e. The third-order valence-electron chi connectivity index (χ3n) is 8.95. The van der Waals surface area contributed by atoms with E-state index in [1.165, 1.54) is 9.80 Å². The van der Waals surface area contributed by atoms with Gasteiger partial charge in [0.15, 0.2) is 0 Å². The molecule has 0 aliphatic carbocycles. The molecule has 2 amide bonds. The van der Waals surface area contributed by atoms with Gasteiger partial charge < -0.3 is 29.6 Å². The van der Waals surface area contributed by atoms with Crippen molar-refractivity contribution in [3.63, 3.8) is 0 Å². The number of rotatable bonds is 14. The van der Waals surface area contributed by atoms with Crippen LogP contribution >= 0.6 is 47.0 Å². The van der Waals surface area contributed by atoms with E-state index in [9.17, 15) is 39.0 Å². The number of hydrogen-bond donors (Lipinski definition) is 0. The first-order chi connectivity index (χ1) is 32.0. The van der Waals surface area contributed by atoms with E-state index in [0.29, 0.717) is 11.1 Å². The second-order valence-corrected chi connectivity index (χ2v) is 17.8. The summed E-state index contributed by atoms with van der Waals surface area (Å²) in [5.41, 5.74) is 1.02. The van der Waals surface area contributed by atoms with Crippen LogP contribution in [0.2, 0.25) is 0 Å². The first-order valence-electron chi connectivity index (χ1n) is 23.0. The fourth-order valence-electron chi connectivity index (χ4n) is 6.05. The van der Waals surface area contributed by atoms with Crippen molar-refractivity contribution in [1.29, 1.82) is 0 Å². The molecule has 4 aromatic rings. The summed E-state index contributed by atoms with van der Waals surface area (Å²) in [6.45, 7) is 3.28. The van der Waals surface area contributed by atoms with Crippen LogP contribution in [0.1, 0.15) is 61.1 Å². The van der Waals surface area contributed by atoms with E-state index in [1.807, 2.05) is 0 Å². The van der Waals surface area contributed by atoms with Gasteiger partial charge in [-0.25, -0.2) is 0 Å². The topological polar surface area (TPSA) is 155 Å². The normalized spacial score (nSPS) is 21.7. The maximum atomic E-state index is 13.0. The van der Waals surface area contributed by atoms with Crippen molar-refractivity contribution in [2.75, 3.05) is 24.6 Å². The average molecular weight is 907 g/mol.